The quantitative estimate of drug-likeness (QED) is 0.0667. The maximum Gasteiger partial charge on any atom is 2.00 e. The van der Waals surface area contributed by atoms with Gasteiger partial charge in [-0.15, -0.1) is 0 Å². The number of carbonyl (C=O) groups is 1. The smallest absolute Gasteiger partial charge is 0.443 e. The molecule has 0 aliphatic heterocycles. The molecule has 380 valence electrons. The molecule has 0 bridgehead atoms. The molecule has 0 aliphatic carbocycles. The second-order valence-electron chi connectivity index (χ2n) is 13.1. The average molecular weight is 1160 g/mol. The molecule has 71 heavy (non-hydrogen) atoms. The van der Waals surface area contributed by atoms with Gasteiger partial charge in [-0.1, -0.05) is 144 Å². The Morgan fingerprint density at radius 3 is 0.887 bits per heavy atom. The van der Waals surface area contributed by atoms with Crippen molar-refractivity contribution in [3.8, 4) is 29.6 Å². The van der Waals surface area contributed by atoms with Crippen LogP contribution in [0.5, 0.6) is 0 Å². The van der Waals surface area contributed by atoms with Crippen LogP contribution in [0.3, 0.4) is 0 Å². The van der Waals surface area contributed by atoms with Crippen molar-refractivity contribution in [1.82, 2.24) is 9.97 Å². The predicted molar refractivity (Wildman–Crippen MR) is 265 cm³/mol. The van der Waals surface area contributed by atoms with E-state index in [1.807, 2.05) is 133 Å². The Morgan fingerprint density at radius 2 is 0.690 bits per heavy atom. The van der Waals surface area contributed by atoms with Crippen molar-refractivity contribution in [3.05, 3.63) is 179 Å². The third kappa shape index (κ3) is 55.6. The minimum Gasteiger partial charge on any atom is -0.443 e. The molecular weight excluding hydrogens is 1110 g/mol. The zero-order chi connectivity index (χ0) is 53.1. The number of rotatable bonds is 7. The number of halogens is 8. The van der Waals surface area contributed by atoms with Gasteiger partial charge in [0.15, 0.2) is 0 Å². The van der Waals surface area contributed by atoms with E-state index in [9.17, 15) is 39.3 Å². The summed E-state index contributed by atoms with van der Waals surface area (Å²) in [6.07, 6.45) is 6.72. The van der Waals surface area contributed by atoms with Crippen LogP contribution in [0, 0.1) is 61.7 Å². The Kier molecular flexibility index (Phi) is 46.8. The van der Waals surface area contributed by atoms with Crippen molar-refractivity contribution in [3.63, 3.8) is 0 Å². The second-order valence-corrected chi connectivity index (χ2v) is 13.1. The summed E-state index contributed by atoms with van der Waals surface area (Å²) in [4.78, 5) is 26.4. The molecule has 22 heteroatoms. The summed E-state index contributed by atoms with van der Waals surface area (Å²) >= 11 is 0. The number of hydrogen-bond acceptors (Lipinski definition) is 8. The molecule has 0 aliphatic rings. The van der Waals surface area contributed by atoms with Crippen molar-refractivity contribution in [2.75, 3.05) is 0 Å². The van der Waals surface area contributed by atoms with Gasteiger partial charge in [0, 0.05) is 33.2 Å². The average Bonchev–Trinajstić information content (AvgIpc) is 3.27. The SMILES string of the molecule is CC#N.CC#N.CC#N.CC(C)=O.Cc1ccc(N=C[N-]c2ccc(C)cc2)cc1.Cc1ccc(N=C[N-]c2ccc(C)cc2)cc1.F[B-](F)(F)F.F[B-](F)(F)F.[Rh+2].[Rh+2].c1ccc(-c2ccccn2)nc1. The number of benzene rings is 4. The minimum absolute atomic E-state index is 0. The molecule has 0 fully saturated rings. The van der Waals surface area contributed by atoms with E-state index in [1.165, 1.54) is 56.9 Å². The summed E-state index contributed by atoms with van der Waals surface area (Å²) in [7, 11) is -12.0. The largest absolute Gasteiger partial charge is 2.00 e. The molecule has 0 amide bonds. The summed E-state index contributed by atoms with van der Waals surface area (Å²) in [5.74, 6) is 0.167. The van der Waals surface area contributed by atoms with Crippen LogP contribution in [0.4, 0.5) is 57.3 Å². The molecule has 0 unspecified atom stereocenters. The van der Waals surface area contributed by atoms with Crippen LogP contribution < -0.4 is 0 Å². The molecule has 0 saturated carbocycles. The number of nitrogens with zero attached hydrogens (tertiary/aromatic N) is 9. The van der Waals surface area contributed by atoms with Gasteiger partial charge in [0.1, 0.15) is 5.78 Å². The molecule has 2 heterocycles. The van der Waals surface area contributed by atoms with Gasteiger partial charge < -0.3 is 59.9 Å². The van der Waals surface area contributed by atoms with Crippen LogP contribution in [0.15, 0.2) is 156 Å². The first kappa shape index (κ1) is 73.0. The van der Waals surface area contributed by atoms with E-state index in [0.29, 0.717) is 0 Å². The maximum absolute atomic E-state index is 9.75. The van der Waals surface area contributed by atoms with Gasteiger partial charge in [0.2, 0.25) is 0 Å². The zero-order valence-corrected chi connectivity index (χ0v) is 43.6. The molecule has 0 N–H and O–H groups in total. The molecule has 6 aromatic rings. The predicted octanol–water partition coefficient (Wildman–Crippen LogP) is 16.3. The monoisotopic (exact) mass is 1160 g/mol. The summed E-state index contributed by atoms with van der Waals surface area (Å²) in [6, 6.07) is 49.0. The van der Waals surface area contributed by atoms with E-state index in [2.05, 4.69) is 58.3 Å². The van der Waals surface area contributed by atoms with Crippen LogP contribution in [-0.4, -0.2) is 42.9 Å². The van der Waals surface area contributed by atoms with E-state index >= 15 is 0 Å². The summed E-state index contributed by atoms with van der Waals surface area (Å²) in [5.41, 5.74) is 10.5. The second kappa shape index (κ2) is 45.5. The Labute approximate surface area is 438 Å². The molecule has 10 nitrogen and oxygen atoms in total. The Morgan fingerprint density at radius 1 is 0.479 bits per heavy atom. The van der Waals surface area contributed by atoms with Crippen molar-refractivity contribution in [2.24, 2.45) is 9.98 Å². The number of ketones is 1. The van der Waals surface area contributed by atoms with Crippen molar-refractivity contribution in [1.29, 1.82) is 15.8 Å². The van der Waals surface area contributed by atoms with E-state index in [-0.39, 0.29) is 44.7 Å². The Balaban J connectivity index is -0.000000251. The van der Waals surface area contributed by atoms with E-state index in [1.54, 1.807) is 43.3 Å². The minimum atomic E-state index is -6.00. The third-order valence-corrected chi connectivity index (χ3v) is 6.56. The van der Waals surface area contributed by atoms with Crippen LogP contribution in [0.25, 0.3) is 22.0 Å². The Bertz CT molecular complexity index is 2230. The molecule has 0 spiro atoms. The molecule has 0 atom stereocenters. The first-order valence-corrected chi connectivity index (χ1v) is 20.1. The molecule has 4 aromatic carbocycles. The summed E-state index contributed by atoms with van der Waals surface area (Å²) < 4.78 is 78.0. The molecule has 0 saturated heterocycles. The van der Waals surface area contributed by atoms with Gasteiger partial charge in [-0.25, -0.2) is 0 Å². The number of Topliss-reactive ketones (excluding diaryl/α,β-unsaturated/α-hetero) is 1. The van der Waals surface area contributed by atoms with Crippen molar-refractivity contribution < 1.29 is 78.3 Å². The topological polar surface area (TPSA) is 167 Å². The fourth-order valence-corrected chi connectivity index (χ4v) is 3.88. The first-order chi connectivity index (χ1) is 32.4. The van der Waals surface area contributed by atoms with Crippen LogP contribution in [0.1, 0.15) is 56.9 Å². The fraction of sp³-hybridized carbons (Fsp3) is 0.184. The number of hydrogen-bond donors (Lipinski definition) is 0. The molecule has 6 rings (SSSR count). The van der Waals surface area contributed by atoms with E-state index < -0.39 is 14.5 Å². The number of nitriles is 3. The van der Waals surface area contributed by atoms with E-state index in [0.717, 1.165) is 34.1 Å². The van der Waals surface area contributed by atoms with Gasteiger partial charge >= 0.3 is 53.5 Å². The third-order valence-electron chi connectivity index (χ3n) is 6.56. The Hall–Kier alpha value is -6.92. The maximum atomic E-state index is 9.75. The fourth-order valence-electron chi connectivity index (χ4n) is 3.88. The van der Waals surface area contributed by atoms with Gasteiger partial charge in [0.05, 0.1) is 29.6 Å². The van der Waals surface area contributed by atoms with Gasteiger partial charge in [-0.05, 0) is 88.6 Å². The number of aromatic nitrogens is 2. The van der Waals surface area contributed by atoms with Gasteiger partial charge in [-0.2, -0.15) is 15.8 Å². The van der Waals surface area contributed by atoms with Crippen LogP contribution in [0.2, 0.25) is 0 Å². The normalized spacial score (nSPS) is 9.15. The molecular formula is C49H53B2F8N9ORh2. The number of aryl methyl sites for hydroxylation is 4. The summed E-state index contributed by atoms with van der Waals surface area (Å²) in [6.45, 7) is 15.6. The summed E-state index contributed by atoms with van der Waals surface area (Å²) in [5, 5.41) is 30.5. The van der Waals surface area contributed by atoms with Gasteiger partial charge in [0.25, 0.3) is 0 Å². The zero-order valence-electron chi connectivity index (χ0n) is 40.3. The number of aliphatic imine (C=N–C) groups is 2. The van der Waals surface area contributed by atoms with Crippen molar-refractivity contribution >= 4 is 55.7 Å². The standard InChI is InChI=1S/2C15H15N2.C10H8N2.C3H6O.3C2H3N.2BF4.2Rh/c2*1-12-3-7-14(8-4-12)16-11-17-15-9-5-13(2)6-10-15;1-3-7-11-9(5-1)10-6-2-4-8-12-10;1-3(2)4;3*1-2-3;2*2-1(3,4)5;;/h2*3-11H,1-2H3;1-8H;1-2H3;3*1H3;;;;/q2*-1;;;;;;2*-1;2*+2. The molecule has 2 radical (unpaired) electrons. The van der Waals surface area contributed by atoms with E-state index in [4.69, 9.17) is 15.8 Å². The van der Waals surface area contributed by atoms with Crippen molar-refractivity contribution in [2.45, 2.75) is 62.3 Å². The van der Waals surface area contributed by atoms with Crippen LogP contribution in [-0.2, 0) is 43.8 Å². The molecule has 2 aromatic heterocycles. The van der Waals surface area contributed by atoms with Crippen LogP contribution >= 0.6 is 0 Å². The van der Waals surface area contributed by atoms with Gasteiger partial charge in [-0.3, -0.25) is 9.97 Å². The number of carbonyl (C=O) groups excluding carboxylic acids is 1. The first-order valence-electron chi connectivity index (χ1n) is 20.1. The number of pyridine rings is 2.